The van der Waals surface area contributed by atoms with Crippen LogP contribution in [0.15, 0.2) is 54.7 Å². The number of amides is 1. The number of halogens is 1. The SMILES string of the molecule is Cc1cc([C@H]2CCc3nc(C(=O)N4CCC(Cc5ccccc5)CC4)cn3C2)ccc1F. The second kappa shape index (κ2) is 8.89. The predicted octanol–water partition coefficient (Wildman–Crippen LogP) is 5.16. The highest BCUT2D eigenvalue weighted by atomic mass is 19.1. The molecule has 32 heavy (non-hydrogen) atoms. The van der Waals surface area contributed by atoms with Gasteiger partial charge in [0, 0.05) is 38.2 Å². The standard InChI is InChI=1S/C27H30FN3O/c1-19-15-22(7-9-24(19)28)23-8-10-26-29-25(18-31(26)17-23)27(32)30-13-11-21(12-14-30)16-20-5-3-2-4-6-20/h2-7,9,15,18,21,23H,8,10-14,16-17H2,1H3/t23-/m0/s1. The third-order valence-electron chi connectivity index (χ3n) is 7.13. The molecular formula is C27H30FN3O. The number of carbonyl (C=O) groups is 1. The first-order valence-electron chi connectivity index (χ1n) is 11.7. The Hall–Kier alpha value is -2.95. The lowest BCUT2D eigenvalue weighted by molar-refractivity contribution is 0.0685. The van der Waals surface area contributed by atoms with Crippen LogP contribution in [-0.4, -0.2) is 33.4 Å². The fourth-order valence-electron chi connectivity index (χ4n) is 5.19. The minimum Gasteiger partial charge on any atom is -0.337 e. The highest BCUT2D eigenvalue weighted by Gasteiger charge is 2.28. The molecule has 3 heterocycles. The normalized spacial score (nSPS) is 19.1. The molecule has 3 aromatic rings. The number of aryl methyl sites for hydroxylation is 2. The van der Waals surface area contributed by atoms with E-state index >= 15 is 0 Å². The van der Waals surface area contributed by atoms with Crippen LogP contribution in [0.3, 0.4) is 0 Å². The molecule has 2 aliphatic heterocycles. The molecule has 1 fully saturated rings. The van der Waals surface area contributed by atoms with Crippen LogP contribution in [-0.2, 0) is 19.4 Å². The smallest absolute Gasteiger partial charge is 0.274 e. The number of fused-ring (bicyclic) bond motifs is 1. The van der Waals surface area contributed by atoms with Gasteiger partial charge in [-0.2, -0.15) is 0 Å². The van der Waals surface area contributed by atoms with E-state index in [1.165, 1.54) is 5.56 Å². The van der Waals surface area contributed by atoms with Crippen LogP contribution in [0.1, 0.15) is 58.2 Å². The van der Waals surface area contributed by atoms with Gasteiger partial charge in [-0.1, -0.05) is 42.5 Å². The summed E-state index contributed by atoms with van der Waals surface area (Å²) >= 11 is 0. The number of hydrogen-bond acceptors (Lipinski definition) is 2. The van der Waals surface area contributed by atoms with Crippen molar-refractivity contribution in [2.75, 3.05) is 13.1 Å². The molecule has 0 saturated carbocycles. The van der Waals surface area contributed by atoms with Crippen LogP contribution < -0.4 is 0 Å². The predicted molar refractivity (Wildman–Crippen MR) is 123 cm³/mol. The molecule has 166 valence electrons. The molecule has 0 radical (unpaired) electrons. The molecule has 2 aromatic carbocycles. The number of carbonyl (C=O) groups excluding carboxylic acids is 1. The third-order valence-corrected chi connectivity index (χ3v) is 7.13. The van der Waals surface area contributed by atoms with E-state index < -0.39 is 0 Å². The van der Waals surface area contributed by atoms with E-state index in [9.17, 15) is 9.18 Å². The number of imidazole rings is 1. The van der Waals surface area contributed by atoms with Crippen LogP contribution in [0.5, 0.6) is 0 Å². The Balaban J connectivity index is 1.21. The molecular weight excluding hydrogens is 401 g/mol. The van der Waals surface area contributed by atoms with Crippen molar-refractivity contribution in [3.8, 4) is 0 Å². The second-order valence-electron chi connectivity index (χ2n) is 9.36. The molecule has 0 N–H and O–H groups in total. The van der Waals surface area contributed by atoms with Crippen LogP contribution in [0, 0.1) is 18.7 Å². The first kappa shape index (κ1) is 20.9. The molecule has 0 aliphatic carbocycles. The van der Waals surface area contributed by atoms with Crippen LogP contribution >= 0.6 is 0 Å². The molecule has 1 amide bonds. The lowest BCUT2D eigenvalue weighted by Gasteiger charge is -2.31. The van der Waals surface area contributed by atoms with Gasteiger partial charge in [-0.05, 0) is 61.3 Å². The maximum atomic E-state index is 13.6. The molecule has 2 aliphatic rings. The van der Waals surface area contributed by atoms with E-state index in [0.717, 1.165) is 63.1 Å². The lowest BCUT2D eigenvalue weighted by Crippen LogP contribution is -2.39. The van der Waals surface area contributed by atoms with Crippen molar-refractivity contribution in [1.29, 1.82) is 0 Å². The molecule has 1 aromatic heterocycles. The molecule has 1 saturated heterocycles. The van der Waals surface area contributed by atoms with Crippen molar-refractivity contribution >= 4 is 5.91 Å². The molecule has 4 nitrogen and oxygen atoms in total. The zero-order valence-corrected chi connectivity index (χ0v) is 18.6. The van der Waals surface area contributed by atoms with Crippen molar-refractivity contribution in [3.05, 3.63) is 88.8 Å². The fraction of sp³-hybridized carbons (Fsp3) is 0.407. The first-order valence-corrected chi connectivity index (χ1v) is 11.7. The quantitative estimate of drug-likeness (QED) is 0.573. The maximum absolute atomic E-state index is 13.6. The Labute approximate surface area is 189 Å². The Morgan fingerprint density at radius 1 is 1.09 bits per heavy atom. The minimum atomic E-state index is -0.159. The highest BCUT2D eigenvalue weighted by Crippen LogP contribution is 2.30. The summed E-state index contributed by atoms with van der Waals surface area (Å²) in [7, 11) is 0. The minimum absolute atomic E-state index is 0.0548. The van der Waals surface area contributed by atoms with Crippen LogP contribution in [0.4, 0.5) is 4.39 Å². The number of rotatable bonds is 4. The van der Waals surface area contributed by atoms with E-state index in [-0.39, 0.29) is 11.7 Å². The van der Waals surface area contributed by atoms with Crippen molar-refractivity contribution < 1.29 is 9.18 Å². The van der Waals surface area contributed by atoms with Gasteiger partial charge >= 0.3 is 0 Å². The van der Waals surface area contributed by atoms with E-state index in [0.29, 0.717) is 23.1 Å². The van der Waals surface area contributed by atoms with Gasteiger partial charge in [0.2, 0.25) is 0 Å². The number of nitrogens with zero attached hydrogens (tertiary/aromatic N) is 3. The monoisotopic (exact) mass is 431 g/mol. The lowest BCUT2D eigenvalue weighted by atomic mass is 9.90. The highest BCUT2D eigenvalue weighted by molar-refractivity contribution is 5.92. The zero-order valence-electron chi connectivity index (χ0n) is 18.6. The Morgan fingerprint density at radius 3 is 2.62 bits per heavy atom. The van der Waals surface area contributed by atoms with Gasteiger partial charge in [0.1, 0.15) is 17.3 Å². The average Bonchev–Trinajstić information content (AvgIpc) is 3.25. The molecule has 5 rings (SSSR count). The summed E-state index contributed by atoms with van der Waals surface area (Å²) in [5.41, 5.74) is 3.80. The topological polar surface area (TPSA) is 38.1 Å². The van der Waals surface area contributed by atoms with Crippen LogP contribution in [0.25, 0.3) is 0 Å². The van der Waals surface area contributed by atoms with E-state index in [1.807, 2.05) is 30.2 Å². The van der Waals surface area contributed by atoms with Gasteiger partial charge in [-0.15, -0.1) is 0 Å². The van der Waals surface area contributed by atoms with Crippen molar-refractivity contribution in [3.63, 3.8) is 0 Å². The molecule has 0 bridgehead atoms. The van der Waals surface area contributed by atoms with Crippen LogP contribution in [0.2, 0.25) is 0 Å². The summed E-state index contributed by atoms with van der Waals surface area (Å²) in [6.45, 7) is 4.20. The number of aromatic nitrogens is 2. The summed E-state index contributed by atoms with van der Waals surface area (Å²) < 4.78 is 15.8. The van der Waals surface area contributed by atoms with Gasteiger partial charge in [-0.25, -0.2) is 9.37 Å². The van der Waals surface area contributed by atoms with E-state index in [2.05, 4.69) is 39.9 Å². The van der Waals surface area contributed by atoms with E-state index in [4.69, 9.17) is 0 Å². The molecule has 0 unspecified atom stereocenters. The van der Waals surface area contributed by atoms with Gasteiger partial charge in [-0.3, -0.25) is 4.79 Å². The average molecular weight is 432 g/mol. The summed E-state index contributed by atoms with van der Waals surface area (Å²) in [6.07, 6.45) is 6.91. The number of piperidine rings is 1. The number of benzene rings is 2. The molecule has 1 atom stereocenters. The van der Waals surface area contributed by atoms with Crippen molar-refractivity contribution in [2.24, 2.45) is 5.92 Å². The zero-order chi connectivity index (χ0) is 22.1. The molecule has 0 spiro atoms. The summed E-state index contributed by atoms with van der Waals surface area (Å²) in [6, 6.07) is 16.0. The number of likely N-dealkylation sites (tertiary alicyclic amines) is 1. The third kappa shape index (κ3) is 4.34. The maximum Gasteiger partial charge on any atom is 0.274 e. The van der Waals surface area contributed by atoms with Gasteiger partial charge < -0.3 is 9.47 Å². The van der Waals surface area contributed by atoms with Gasteiger partial charge in [0.05, 0.1) is 0 Å². The Bertz CT molecular complexity index is 1100. The summed E-state index contributed by atoms with van der Waals surface area (Å²) in [4.78, 5) is 19.8. The first-order chi connectivity index (χ1) is 15.6. The Kier molecular flexibility index (Phi) is 5.81. The second-order valence-corrected chi connectivity index (χ2v) is 9.36. The van der Waals surface area contributed by atoms with Crippen molar-refractivity contribution in [1.82, 2.24) is 14.5 Å². The molecule has 5 heteroatoms. The van der Waals surface area contributed by atoms with E-state index in [1.54, 1.807) is 6.07 Å². The summed E-state index contributed by atoms with van der Waals surface area (Å²) in [5, 5.41) is 0. The Morgan fingerprint density at radius 2 is 1.88 bits per heavy atom. The largest absolute Gasteiger partial charge is 0.337 e. The van der Waals surface area contributed by atoms with Crippen molar-refractivity contribution in [2.45, 2.75) is 51.5 Å². The fourth-order valence-corrected chi connectivity index (χ4v) is 5.19. The van der Waals surface area contributed by atoms with Gasteiger partial charge in [0.15, 0.2) is 0 Å². The number of hydrogen-bond donors (Lipinski definition) is 0. The summed E-state index contributed by atoms with van der Waals surface area (Å²) in [5.74, 6) is 1.85. The van der Waals surface area contributed by atoms with Gasteiger partial charge in [0.25, 0.3) is 5.91 Å².